The highest BCUT2D eigenvalue weighted by Crippen LogP contribution is 2.52. The Balaban J connectivity index is 3.36. The van der Waals surface area contributed by atoms with Crippen LogP contribution < -0.4 is 0 Å². The number of allylic oxidation sites excluding steroid dienone is 3. The van der Waals surface area contributed by atoms with Crippen LogP contribution in [-0.2, 0) is 4.43 Å². The van der Waals surface area contributed by atoms with Crippen molar-refractivity contribution in [2.45, 2.75) is 92.8 Å². The summed E-state index contributed by atoms with van der Waals surface area (Å²) in [5, 5.41) is 0. The first-order valence-electron chi connectivity index (χ1n) is 8.49. The third kappa shape index (κ3) is 2.76. The van der Waals surface area contributed by atoms with Gasteiger partial charge in [0.15, 0.2) is 0 Å². The first-order chi connectivity index (χ1) is 9.40. The smallest absolute Gasteiger partial charge is 0.258 e. The fourth-order valence-corrected chi connectivity index (χ4v) is 9.76. The summed E-state index contributed by atoms with van der Waals surface area (Å²) in [5.41, 5.74) is 6.17. The second-order valence-electron chi connectivity index (χ2n) is 8.25. The molecule has 1 rings (SSSR count). The monoisotopic (exact) mass is 308 g/mol. The molecule has 2 heteroatoms. The van der Waals surface area contributed by atoms with Crippen LogP contribution in [0.25, 0.3) is 0 Å². The van der Waals surface area contributed by atoms with Gasteiger partial charge in [0.25, 0.3) is 8.32 Å². The molecule has 1 aliphatic rings. The summed E-state index contributed by atoms with van der Waals surface area (Å²) in [5.74, 6) is 1.25. The Morgan fingerprint density at radius 1 is 0.762 bits per heavy atom. The van der Waals surface area contributed by atoms with E-state index >= 15 is 0 Å². The van der Waals surface area contributed by atoms with Crippen LogP contribution in [-0.4, -0.2) is 8.32 Å². The van der Waals surface area contributed by atoms with E-state index in [1.165, 1.54) is 22.5 Å². The van der Waals surface area contributed by atoms with E-state index < -0.39 is 8.32 Å². The van der Waals surface area contributed by atoms with E-state index in [1.54, 1.807) is 0 Å². The van der Waals surface area contributed by atoms with Crippen LogP contribution >= 0.6 is 0 Å². The minimum Gasteiger partial charge on any atom is -0.545 e. The van der Waals surface area contributed by atoms with Gasteiger partial charge in [0.05, 0.1) is 5.76 Å². The molecule has 0 aromatic rings. The molecule has 1 aliphatic carbocycles. The van der Waals surface area contributed by atoms with Crippen molar-refractivity contribution in [2.24, 2.45) is 5.41 Å². The summed E-state index contributed by atoms with van der Waals surface area (Å²) in [6.45, 7) is 25.5. The van der Waals surface area contributed by atoms with Gasteiger partial charge in [-0.15, -0.1) is 0 Å². The molecular weight excluding hydrogens is 272 g/mol. The molecule has 1 nitrogen and oxygen atoms in total. The van der Waals surface area contributed by atoms with E-state index in [4.69, 9.17) is 4.43 Å². The largest absolute Gasteiger partial charge is 0.545 e. The molecule has 0 fully saturated rings. The minimum atomic E-state index is -1.87. The predicted octanol–water partition coefficient (Wildman–Crippen LogP) is 6.83. The maximum atomic E-state index is 7.03. The van der Waals surface area contributed by atoms with Gasteiger partial charge in [-0.3, -0.25) is 0 Å². The van der Waals surface area contributed by atoms with Gasteiger partial charge in [0.1, 0.15) is 0 Å². The van der Waals surface area contributed by atoms with E-state index in [2.05, 4.69) is 76.2 Å². The van der Waals surface area contributed by atoms with Crippen LogP contribution in [0.1, 0.15) is 76.2 Å². The first-order valence-corrected chi connectivity index (χ1v) is 10.6. The lowest BCUT2D eigenvalue weighted by molar-refractivity contribution is 0.282. The third-order valence-corrected chi connectivity index (χ3v) is 11.9. The first kappa shape index (κ1) is 18.5. The Bertz CT molecular complexity index is 442. The zero-order valence-corrected chi connectivity index (χ0v) is 17.1. The highest BCUT2D eigenvalue weighted by atomic mass is 28.4. The van der Waals surface area contributed by atoms with Crippen LogP contribution in [0.5, 0.6) is 0 Å². The fraction of sp³-hybridized carbons (Fsp3) is 0.789. The van der Waals surface area contributed by atoms with Crippen LogP contribution in [0.2, 0.25) is 16.6 Å². The predicted molar refractivity (Wildman–Crippen MR) is 97.0 cm³/mol. The van der Waals surface area contributed by atoms with Gasteiger partial charge < -0.3 is 4.43 Å². The molecule has 0 radical (unpaired) electrons. The van der Waals surface area contributed by atoms with Crippen LogP contribution in [0.15, 0.2) is 22.5 Å². The second kappa shape index (κ2) is 5.95. The van der Waals surface area contributed by atoms with Gasteiger partial charge in [-0.2, -0.15) is 0 Å². The lowest BCUT2D eigenvalue weighted by atomic mass is 9.86. The number of rotatable bonds is 5. The van der Waals surface area contributed by atoms with Crippen molar-refractivity contribution < 1.29 is 4.43 Å². The summed E-state index contributed by atoms with van der Waals surface area (Å²) < 4.78 is 7.03. The molecular formula is C19H36OSi. The molecule has 0 aliphatic heterocycles. The summed E-state index contributed by atoms with van der Waals surface area (Å²) in [6, 6.07) is 0. The molecule has 0 bridgehead atoms. The molecule has 0 N–H and O–H groups in total. The number of hydrogen-bond donors (Lipinski definition) is 0. The van der Waals surface area contributed by atoms with Crippen LogP contribution in [0.4, 0.5) is 0 Å². The molecule has 0 saturated carbocycles. The molecule has 0 heterocycles. The van der Waals surface area contributed by atoms with Gasteiger partial charge in [-0.05, 0) is 62.4 Å². The highest BCUT2D eigenvalue weighted by molar-refractivity contribution is 6.77. The van der Waals surface area contributed by atoms with Gasteiger partial charge in [-0.1, -0.05) is 47.1 Å². The van der Waals surface area contributed by atoms with Gasteiger partial charge >= 0.3 is 0 Å². The van der Waals surface area contributed by atoms with Crippen molar-refractivity contribution in [3.05, 3.63) is 22.5 Å². The Hall–Kier alpha value is -0.503. The summed E-state index contributed by atoms with van der Waals surface area (Å²) in [7, 11) is -1.87. The molecule has 0 aromatic heterocycles. The van der Waals surface area contributed by atoms with Crippen molar-refractivity contribution in [3.8, 4) is 0 Å². The van der Waals surface area contributed by atoms with Crippen molar-refractivity contribution in [2.75, 3.05) is 0 Å². The maximum Gasteiger partial charge on any atom is 0.258 e. The highest BCUT2D eigenvalue weighted by Gasteiger charge is 2.50. The topological polar surface area (TPSA) is 9.23 Å². The molecule has 122 valence electrons. The fourth-order valence-electron chi connectivity index (χ4n) is 4.29. The molecule has 0 amide bonds. The van der Waals surface area contributed by atoms with Crippen LogP contribution in [0.3, 0.4) is 0 Å². The number of hydrogen-bond acceptors (Lipinski definition) is 1. The molecule has 21 heavy (non-hydrogen) atoms. The summed E-state index contributed by atoms with van der Waals surface area (Å²) in [4.78, 5) is 0. The zero-order chi connectivity index (χ0) is 16.7. The molecule has 0 spiro atoms. The summed E-state index contributed by atoms with van der Waals surface area (Å²) in [6.07, 6.45) is 0. The molecule has 0 aromatic carbocycles. The van der Waals surface area contributed by atoms with E-state index in [-0.39, 0.29) is 5.41 Å². The van der Waals surface area contributed by atoms with Crippen molar-refractivity contribution in [3.63, 3.8) is 0 Å². The Morgan fingerprint density at radius 3 is 1.38 bits per heavy atom. The van der Waals surface area contributed by atoms with Gasteiger partial charge in [0, 0.05) is 5.41 Å². The van der Waals surface area contributed by atoms with E-state index in [0.29, 0.717) is 16.6 Å². The third-order valence-electron chi connectivity index (χ3n) is 5.96. The van der Waals surface area contributed by atoms with Gasteiger partial charge in [-0.25, -0.2) is 0 Å². The molecule has 0 atom stereocenters. The van der Waals surface area contributed by atoms with Crippen molar-refractivity contribution in [1.82, 2.24) is 0 Å². The molecule has 0 saturated heterocycles. The van der Waals surface area contributed by atoms with Crippen LogP contribution in [0, 0.1) is 5.41 Å². The average molecular weight is 309 g/mol. The van der Waals surface area contributed by atoms with E-state index in [1.807, 2.05) is 0 Å². The lowest BCUT2D eigenvalue weighted by Gasteiger charge is -2.45. The maximum absolute atomic E-state index is 7.03. The van der Waals surface area contributed by atoms with E-state index in [0.717, 1.165) is 0 Å². The minimum absolute atomic E-state index is 0.0467. The van der Waals surface area contributed by atoms with E-state index in [9.17, 15) is 0 Å². The lowest BCUT2D eigenvalue weighted by Crippen LogP contribution is -2.48. The summed E-state index contributed by atoms with van der Waals surface area (Å²) >= 11 is 0. The Morgan fingerprint density at radius 2 is 1.14 bits per heavy atom. The zero-order valence-electron chi connectivity index (χ0n) is 16.1. The Labute approximate surface area is 134 Å². The normalized spacial score (nSPS) is 19.5. The molecule has 0 unspecified atom stereocenters. The quantitative estimate of drug-likeness (QED) is 0.506. The van der Waals surface area contributed by atoms with Crippen molar-refractivity contribution >= 4 is 8.32 Å². The standard InChI is InChI=1S/C19H36OSi/c1-12(2)21(13(3)4,14(5)6)20-18-16(8)15(7)17(9)19(18,10)11/h12-14H,1-11H3. The SMILES string of the molecule is CC1=C(C)C(C)(C)C(O[Si](C(C)C)(C(C)C)C(C)C)=C1C. The second-order valence-corrected chi connectivity index (χ2v) is 13.6. The van der Waals surface area contributed by atoms with Gasteiger partial charge in [0.2, 0.25) is 0 Å². The van der Waals surface area contributed by atoms with Crippen molar-refractivity contribution in [1.29, 1.82) is 0 Å². The Kier molecular flexibility index (Phi) is 5.25. The average Bonchev–Trinajstić information content (AvgIpc) is 2.47.